The Hall–Kier alpha value is 1.51. The van der Waals surface area contributed by atoms with Gasteiger partial charge in [0.25, 0.3) is 0 Å². The molecule has 0 aromatic rings. The van der Waals surface area contributed by atoms with E-state index in [0.717, 1.165) is 77.0 Å². The van der Waals surface area contributed by atoms with Gasteiger partial charge in [0.15, 0.2) is 0 Å². The van der Waals surface area contributed by atoms with Crippen LogP contribution < -0.4 is 51.4 Å². The van der Waals surface area contributed by atoms with Crippen LogP contribution in [-0.2, 0) is 10.1 Å². The second-order valence-electron chi connectivity index (χ2n) is 6.72. The Bertz CT molecular complexity index is 360. The molecule has 0 aliphatic heterocycles. The average molecular weight is 389 g/mol. The van der Waals surface area contributed by atoms with Crippen molar-refractivity contribution < 1.29 is 69.5 Å². The first-order valence-corrected chi connectivity index (χ1v) is 11.0. The predicted molar refractivity (Wildman–Crippen MR) is 95.5 cm³/mol. The van der Waals surface area contributed by atoms with E-state index in [0.29, 0.717) is 12.8 Å². The summed E-state index contributed by atoms with van der Waals surface area (Å²) in [6.07, 6.45) is 12.9. The maximum absolute atomic E-state index is 11.3. The minimum atomic E-state index is -4.14. The standard InChI is InChI=1S/C18H38O4S.K/c1-3-5-6-12-15-18(23(20,21)22)16-13-10-8-7-9-11-14-17(19)4-2;/h17-19H,3-16H2,1-2H3,(H,20,21,22);/q;+1/p-1. The zero-order valence-corrected chi connectivity index (χ0v) is 20.1. The third kappa shape index (κ3) is 16.9. The average Bonchev–Trinajstić information content (AvgIpc) is 2.50. The summed E-state index contributed by atoms with van der Waals surface area (Å²) in [5, 5.41) is 8.77. The normalized spacial score (nSPS) is 14.2. The molecule has 6 heteroatoms. The Balaban J connectivity index is 0. The minimum Gasteiger partial charge on any atom is -0.748 e. The van der Waals surface area contributed by atoms with Gasteiger partial charge < -0.3 is 9.66 Å². The van der Waals surface area contributed by atoms with E-state index in [1.54, 1.807) is 0 Å². The van der Waals surface area contributed by atoms with E-state index in [-0.39, 0.29) is 57.5 Å². The van der Waals surface area contributed by atoms with Gasteiger partial charge in [0.1, 0.15) is 0 Å². The first kappa shape index (κ1) is 27.7. The second kappa shape index (κ2) is 17.9. The molecule has 24 heavy (non-hydrogen) atoms. The van der Waals surface area contributed by atoms with Crippen molar-refractivity contribution in [3.8, 4) is 0 Å². The van der Waals surface area contributed by atoms with Crippen LogP contribution in [0.25, 0.3) is 0 Å². The molecule has 0 fully saturated rings. The van der Waals surface area contributed by atoms with Crippen molar-refractivity contribution in [1.82, 2.24) is 0 Å². The predicted octanol–water partition coefficient (Wildman–Crippen LogP) is 1.77. The fourth-order valence-electron chi connectivity index (χ4n) is 2.89. The SMILES string of the molecule is CCCCCCC(CCCCCCCCC(O)CC)S(=O)(=O)[O-].[K+]. The van der Waals surface area contributed by atoms with Crippen molar-refractivity contribution in [3.63, 3.8) is 0 Å². The number of hydrogen-bond acceptors (Lipinski definition) is 4. The minimum absolute atomic E-state index is 0. The van der Waals surface area contributed by atoms with Crippen LogP contribution >= 0.6 is 0 Å². The van der Waals surface area contributed by atoms with Crippen LogP contribution in [-0.4, -0.2) is 29.4 Å². The Kier molecular flexibility index (Phi) is 20.7. The van der Waals surface area contributed by atoms with Crippen molar-refractivity contribution in [2.45, 2.75) is 115 Å². The molecule has 0 saturated heterocycles. The zero-order valence-electron chi connectivity index (χ0n) is 16.1. The summed E-state index contributed by atoms with van der Waals surface area (Å²) in [5.41, 5.74) is 0. The maximum Gasteiger partial charge on any atom is 1.00 e. The van der Waals surface area contributed by atoms with Crippen molar-refractivity contribution >= 4 is 10.1 Å². The largest absolute Gasteiger partial charge is 1.00 e. The molecule has 2 unspecified atom stereocenters. The number of unbranched alkanes of at least 4 members (excludes halogenated alkanes) is 8. The van der Waals surface area contributed by atoms with Crippen LogP contribution in [0.5, 0.6) is 0 Å². The molecule has 0 saturated carbocycles. The molecule has 0 aromatic carbocycles. The molecule has 0 heterocycles. The van der Waals surface area contributed by atoms with Gasteiger partial charge in [-0.3, -0.25) is 0 Å². The van der Waals surface area contributed by atoms with E-state index >= 15 is 0 Å². The molecular weight excluding hydrogens is 351 g/mol. The van der Waals surface area contributed by atoms with Crippen LogP contribution in [0.2, 0.25) is 0 Å². The fourth-order valence-corrected chi connectivity index (χ4v) is 3.81. The van der Waals surface area contributed by atoms with Crippen LogP contribution in [0.15, 0.2) is 0 Å². The smallest absolute Gasteiger partial charge is 0.748 e. The number of aliphatic hydroxyl groups excluding tert-OH is 1. The van der Waals surface area contributed by atoms with E-state index in [4.69, 9.17) is 0 Å². The van der Waals surface area contributed by atoms with Gasteiger partial charge in [0, 0.05) is 5.25 Å². The summed E-state index contributed by atoms with van der Waals surface area (Å²) >= 11 is 0. The summed E-state index contributed by atoms with van der Waals surface area (Å²) in [5.74, 6) is 0. The van der Waals surface area contributed by atoms with Crippen molar-refractivity contribution in [3.05, 3.63) is 0 Å². The summed E-state index contributed by atoms with van der Waals surface area (Å²) in [6, 6.07) is 0. The van der Waals surface area contributed by atoms with Gasteiger partial charge in [0.2, 0.25) is 0 Å². The molecule has 0 spiro atoms. The van der Waals surface area contributed by atoms with Crippen LogP contribution in [0.4, 0.5) is 0 Å². The van der Waals surface area contributed by atoms with Crippen LogP contribution in [0.3, 0.4) is 0 Å². The van der Waals surface area contributed by atoms with Gasteiger partial charge in [0.05, 0.1) is 16.2 Å². The van der Waals surface area contributed by atoms with E-state index in [2.05, 4.69) is 6.92 Å². The van der Waals surface area contributed by atoms with Gasteiger partial charge in [-0.25, -0.2) is 8.42 Å². The monoisotopic (exact) mass is 388 g/mol. The first-order chi connectivity index (χ1) is 10.9. The topological polar surface area (TPSA) is 77.4 Å². The van der Waals surface area contributed by atoms with Crippen LogP contribution in [0, 0.1) is 0 Å². The molecule has 4 nitrogen and oxygen atoms in total. The first-order valence-electron chi connectivity index (χ1n) is 9.54. The van der Waals surface area contributed by atoms with Gasteiger partial charge in [-0.15, -0.1) is 0 Å². The molecule has 0 bridgehead atoms. The van der Waals surface area contributed by atoms with Crippen molar-refractivity contribution in [2.24, 2.45) is 0 Å². The molecule has 0 rings (SSSR count). The van der Waals surface area contributed by atoms with Crippen molar-refractivity contribution in [2.75, 3.05) is 0 Å². The van der Waals surface area contributed by atoms with Crippen LogP contribution in [0.1, 0.15) is 104 Å². The Morgan fingerprint density at radius 3 is 1.62 bits per heavy atom. The molecule has 0 amide bonds. The molecule has 140 valence electrons. The van der Waals surface area contributed by atoms with E-state index in [9.17, 15) is 18.1 Å². The second-order valence-corrected chi connectivity index (χ2v) is 8.38. The maximum atomic E-state index is 11.3. The third-order valence-electron chi connectivity index (χ3n) is 4.57. The molecule has 0 aliphatic rings. The number of aliphatic hydroxyl groups is 1. The summed E-state index contributed by atoms with van der Waals surface area (Å²) < 4.78 is 33.9. The third-order valence-corrected chi connectivity index (χ3v) is 5.86. The molecular formula is C18H37KO4S. The van der Waals surface area contributed by atoms with Gasteiger partial charge in [-0.2, -0.15) is 0 Å². The molecule has 1 N–H and O–H groups in total. The molecule has 2 atom stereocenters. The van der Waals surface area contributed by atoms with E-state index < -0.39 is 15.4 Å². The summed E-state index contributed by atoms with van der Waals surface area (Å²) in [4.78, 5) is 0. The Morgan fingerprint density at radius 2 is 1.21 bits per heavy atom. The molecule has 0 aliphatic carbocycles. The van der Waals surface area contributed by atoms with E-state index in [1.165, 1.54) is 0 Å². The quantitative estimate of drug-likeness (QED) is 0.248. The summed E-state index contributed by atoms with van der Waals surface area (Å²) in [7, 11) is -4.14. The number of rotatable bonds is 16. The van der Waals surface area contributed by atoms with Gasteiger partial charge in [-0.05, 0) is 25.7 Å². The van der Waals surface area contributed by atoms with Gasteiger partial charge >= 0.3 is 51.4 Å². The summed E-state index contributed by atoms with van der Waals surface area (Å²) in [6.45, 7) is 4.11. The molecule has 0 aromatic heterocycles. The van der Waals surface area contributed by atoms with E-state index in [1.807, 2.05) is 6.92 Å². The number of hydrogen-bond donors (Lipinski definition) is 1. The zero-order chi connectivity index (χ0) is 17.6. The van der Waals surface area contributed by atoms with Crippen molar-refractivity contribution in [1.29, 1.82) is 0 Å². The Labute approximate surface area is 192 Å². The fraction of sp³-hybridized carbons (Fsp3) is 1.00. The van der Waals surface area contributed by atoms with Gasteiger partial charge in [-0.1, -0.05) is 78.1 Å². The molecule has 0 radical (unpaired) electrons. The Morgan fingerprint density at radius 1 is 0.792 bits per heavy atom.